The Kier molecular flexibility index (Phi) is 46.5. The van der Waals surface area contributed by atoms with Crippen LogP contribution in [0.2, 0.25) is 0 Å². The molecule has 0 bridgehead atoms. The maximum Gasteiger partial charge on any atom is 0.668 e. The fourth-order valence-corrected chi connectivity index (χ4v) is 0. The zero-order valence-electron chi connectivity index (χ0n) is 5.70. The molecule has 1 atom stereocenters. The van der Waals surface area contributed by atoms with E-state index in [4.69, 9.17) is 19.2 Å². The van der Waals surface area contributed by atoms with Gasteiger partial charge in [-0.25, -0.2) is 0 Å². The molecule has 0 aromatic heterocycles. The Morgan fingerprint density at radius 2 is 0.778 bits per heavy atom. The first-order chi connectivity index (χ1) is 2.00. The normalized spacial score (nSPS) is 6.67. The van der Waals surface area contributed by atoms with Crippen LogP contribution in [0.5, 0.6) is 0 Å². The van der Waals surface area contributed by atoms with E-state index in [1.807, 2.05) is 0 Å². The summed E-state index contributed by atoms with van der Waals surface area (Å²) >= 11 is 0. The number of hydrogen-bond donors (Lipinski definition) is 4. The van der Waals surface area contributed by atoms with E-state index in [2.05, 4.69) is 0 Å². The van der Waals surface area contributed by atoms with Gasteiger partial charge >= 0.3 is 9.05 Å². The minimum atomic E-state index is -4.61. The van der Waals surface area contributed by atoms with Gasteiger partial charge in [-0.1, -0.05) is 0 Å². The van der Waals surface area contributed by atoms with Gasteiger partial charge in [0.05, 0.1) is 0 Å². The quantitative estimate of drug-likeness (QED) is 0.248. The predicted molar refractivity (Wildman–Crippen MR) is 43.0 cm³/mol. The van der Waals surface area contributed by atoms with Gasteiger partial charge in [-0.3, -0.25) is 0 Å². The van der Waals surface area contributed by atoms with Crippen LogP contribution in [0, 0.1) is 0 Å². The van der Waals surface area contributed by atoms with Crippen LogP contribution in [-0.4, -0.2) is 125 Å². The molecule has 0 rings (SSSR count). The minimum absolute atomic E-state index is 0. The van der Waals surface area contributed by atoms with Crippen LogP contribution < -0.4 is 0 Å². The van der Waals surface area contributed by atoms with E-state index < -0.39 is 9.05 Å². The van der Waals surface area contributed by atoms with E-state index in [9.17, 15) is 0 Å². The van der Waals surface area contributed by atoms with Gasteiger partial charge in [-0.2, -0.15) is 9.90 Å². The minimum Gasteiger partial charge on any atom is -0.368 e. The molecular formula is H7CaNa2O4PSi. The van der Waals surface area contributed by atoms with Gasteiger partial charge in [0.1, 0.15) is 0 Å². The van der Waals surface area contributed by atoms with Crippen molar-refractivity contribution in [1.29, 1.82) is 0 Å². The van der Waals surface area contributed by atoms with Crippen molar-refractivity contribution in [2.24, 2.45) is 0 Å². The molecule has 4 N–H and O–H groups in total. The molecule has 0 saturated carbocycles. The summed E-state index contributed by atoms with van der Waals surface area (Å²) in [6.07, 6.45) is 0. The second-order valence-corrected chi connectivity index (χ2v) is 1.80. The molecule has 1 unspecified atom stereocenters. The van der Waals surface area contributed by atoms with Gasteiger partial charge < -0.3 is 19.2 Å². The molecule has 4 nitrogen and oxygen atoms in total. The van der Waals surface area contributed by atoms with Crippen molar-refractivity contribution in [3.8, 4) is 0 Å². The average molecular weight is 216 g/mol. The Morgan fingerprint density at radius 1 is 0.778 bits per heavy atom. The molecule has 44 valence electrons. The molecule has 4 radical (unpaired) electrons. The number of hydrogen-bond acceptors (Lipinski definition) is 4. The van der Waals surface area contributed by atoms with Crippen molar-refractivity contribution >= 4 is 116 Å². The van der Waals surface area contributed by atoms with Gasteiger partial charge in [-0.15, -0.1) is 0 Å². The topological polar surface area (TPSA) is 80.9 Å². The first-order valence-electron chi connectivity index (χ1n) is 0.894. The third kappa shape index (κ3) is 79.5. The van der Waals surface area contributed by atoms with E-state index in [1.54, 1.807) is 0 Å². The molecule has 0 fully saturated rings. The molecule has 0 aromatic rings. The van der Waals surface area contributed by atoms with Crippen LogP contribution in [0.15, 0.2) is 0 Å². The van der Waals surface area contributed by atoms with Crippen LogP contribution in [0.4, 0.5) is 0 Å². The van der Waals surface area contributed by atoms with Crippen molar-refractivity contribution in [2.45, 2.75) is 0 Å². The summed E-state index contributed by atoms with van der Waals surface area (Å²) < 4.78 is 0. The molecule has 0 aromatic carbocycles. The molecular weight excluding hydrogens is 209 g/mol. The van der Waals surface area contributed by atoms with Gasteiger partial charge in [0, 0.05) is 96.9 Å². The van der Waals surface area contributed by atoms with Crippen LogP contribution >= 0.6 is 9.90 Å². The maximum absolute atomic E-state index is 7.33. The third-order valence-corrected chi connectivity index (χ3v) is 0. The molecule has 0 aliphatic carbocycles. The van der Waals surface area contributed by atoms with Crippen molar-refractivity contribution in [3.05, 3.63) is 0 Å². The summed E-state index contributed by atoms with van der Waals surface area (Å²) in [5.74, 6) is 0. The summed E-state index contributed by atoms with van der Waals surface area (Å²) in [6.45, 7) is 0. The SMILES string of the molecule is O[Si](O)(O)O.P.[Ca].[Na].[Na]. The van der Waals surface area contributed by atoms with Gasteiger partial charge in [0.25, 0.3) is 0 Å². The van der Waals surface area contributed by atoms with E-state index in [-0.39, 0.29) is 107 Å². The second-order valence-electron chi connectivity index (χ2n) is 0.600. The Labute approximate surface area is 132 Å². The van der Waals surface area contributed by atoms with Gasteiger partial charge in [-0.05, 0) is 0 Å². The molecule has 0 aliphatic heterocycles. The van der Waals surface area contributed by atoms with Crippen LogP contribution in [0.1, 0.15) is 0 Å². The molecule has 0 saturated heterocycles. The Morgan fingerprint density at radius 3 is 0.778 bits per heavy atom. The average Bonchev–Trinajstić information content (AvgIpc) is 0.722. The first kappa shape index (κ1) is 29.3. The number of rotatable bonds is 0. The molecule has 9 heavy (non-hydrogen) atoms. The predicted octanol–water partition coefficient (Wildman–Crippen LogP) is -3.69. The van der Waals surface area contributed by atoms with E-state index in [0.29, 0.717) is 0 Å². The second kappa shape index (κ2) is 14.3. The van der Waals surface area contributed by atoms with Crippen molar-refractivity contribution < 1.29 is 19.2 Å². The smallest absolute Gasteiger partial charge is 0.368 e. The zero-order valence-corrected chi connectivity index (χ0v) is 14.3. The molecule has 0 spiro atoms. The van der Waals surface area contributed by atoms with E-state index >= 15 is 0 Å². The molecule has 0 amide bonds. The van der Waals surface area contributed by atoms with Crippen LogP contribution in [0.3, 0.4) is 0 Å². The van der Waals surface area contributed by atoms with Crippen molar-refractivity contribution in [1.82, 2.24) is 0 Å². The maximum atomic E-state index is 7.33. The fraction of sp³-hybridized carbons (Fsp3) is 0. The van der Waals surface area contributed by atoms with Crippen LogP contribution in [-0.2, 0) is 0 Å². The summed E-state index contributed by atoms with van der Waals surface area (Å²) in [4.78, 5) is 29.3. The van der Waals surface area contributed by atoms with Crippen molar-refractivity contribution in [2.75, 3.05) is 0 Å². The molecule has 9 heteroatoms. The Hall–Kier alpha value is 3.75. The summed E-state index contributed by atoms with van der Waals surface area (Å²) in [5.41, 5.74) is 0. The monoisotopic (exact) mass is 216 g/mol. The van der Waals surface area contributed by atoms with Gasteiger partial charge in [0.2, 0.25) is 0 Å². The largest absolute Gasteiger partial charge is 0.668 e. The third-order valence-electron chi connectivity index (χ3n) is 0. The van der Waals surface area contributed by atoms with Gasteiger partial charge in [0.15, 0.2) is 0 Å². The van der Waals surface area contributed by atoms with Crippen LogP contribution in [0.25, 0.3) is 0 Å². The summed E-state index contributed by atoms with van der Waals surface area (Å²) in [6, 6.07) is 0. The summed E-state index contributed by atoms with van der Waals surface area (Å²) in [5, 5.41) is 0. The molecule has 0 heterocycles. The zero-order chi connectivity index (χ0) is 4.50. The van der Waals surface area contributed by atoms with E-state index in [1.165, 1.54) is 0 Å². The summed E-state index contributed by atoms with van der Waals surface area (Å²) in [7, 11) is -4.61. The Balaban J connectivity index is -0.0000000133. The molecule has 0 aliphatic rings. The first-order valence-corrected chi connectivity index (χ1v) is 2.68. The standard InChI is InChI=1S/Ca.2Na.H4O4Si.H3P/c;;;1-5(2,3)4;/h;;;1-4H;1H3. The van der Waals surface area contributed by atoms with E-state index in [0.717, 1.165) is 0 Å². The fourth-order valence-electron chi connectivity index (χ4n) is 0. The Bertz CT molecular complexity index is 34.0. The van der Waals surface area contributed by atoms with Crippen molar-refractivity contribution in [3.63, 3.8) is 0 Å².